The third-order valence-electron chi connectivity index (χ3n) is 2.08. The molecule has 6 nitrogen and oxygen atoms in total. The van der Waals surface area contributed by atoms with Gasteiger partial charge in [0, 0.05) is 12.4 Å². The predicted octanol–water partition coefficient (Wildman–Crippen LogP) is 0.891. The van der Waals surface area contributed by atoms with Crippen molar-refractivity contribution in [1.82, 2.24) is 14.8 Å². The first kappa shape index (κ1) is 11.1. The van der Waals surface area contributed by atoms with Crippen LogP contribution >= 0.6 is 11.6 Å². The van der Waals surface area contributed by atoms with Crippen LogP contribution in [-0.2, 0) is 0 Å². The first-order valence-electron chi connectivity index (χ1n) is 4.53. The number of rotatable bonds is 2. The molecule has 2 heterocycles. The molecule has 0 unspecified atom stereocenters. The van der Waals surface area contributed by atoms with Crippen LogP contribution in [0.4, 0.5) is 0 Å². The minimum absolute atomic E-state index is 0.175. The molecule has 0 fully saturated rings. The number of pyridine rings is 1. The van der Waals surface area contributed by atoms with E-state index in [-0.39, 0.29) is 22.0 Å². The zero-order chi connectivity index (χ0) is 12.4. The molecular formula is C10H6ClN5O. The molecule has 1 amide bonds. The van der Waals surface area contributed by atoms with Crippen LogP contribution in [-0.4, -0.2) is 20.7 Å². The van der Waals surface area contributed by atoms with Crippen LogP contribution in [0.15, 0.2) is 24.7 Å². The molecule has 0 aliphatic heterocycles. The predicted molar refractivity (Wildman–Crippen MR) is 59.6 cm³/mol. The Hall–Kier alpha value is -2.39. The Morgan fingerprint density at radius 3 is 2.94 bits per heavy atom. The first-order chi connectivity index (χ1) is 8.13. The molecule has 0 spiro atoms. The fourth-order valence-corrected chi connectivity index (χ4v) is 1.49. The lowest BCUT2D eigenvalue weighted by molar-refractivity contribution is 0.100. The van der Waals surface area contributed by atoms with Gasteiger partial charge in [-0.3, -0.25) is 4.79 Å². The highest BCUT2D eigenvalue weighted by molar-refractivity contribution is 6.33. The number of aromatic nitrogens is 3. The second-order valence-electron chi connectivity index (χ2n) is 3.15. The lowest BCUT2D eigenvalue weighted by atomic mass is 10.3. The smallest absolute Gasteiger partial charge is 0.251 e. The number of amides is 1. The Morgan fingerprint density at radius 2 is 2.35 bits per heavy atom. The molecule has 7 heteroatoms. The molecule has 0 aliphatic rings. The fraction of sp³-hybridized carbons (Fsp3) is 0. The van der Waals surface area contributed by atoms with Crippen molar-refractivity contribution >= 4 is 17.5 Å². The molecule has 0 aliphatic carbocycles. The summed E-state index contributed by atoms with van der Waals surface area (Å²) in [4.78, 5) is 14.9. The summed E-state index contributed by atoms with van der Waals surface area (Å²) in [7, 11) is 0. The normalized spacial score (nSPS) is 9.88. The van der Waals surface area contributed by atoms with Crippen LogP contribution in [0.3, 0.4) is 0 Å². The van der Waals surface area contributed by atoms with Crippen molar-refractivity contribution in [2.24, 2.45) is 5.73 Å². The summed E-state index contributed by atoms with van der Waals surface area (Å²) in [6.45, 7) is 0. The van der Waals surface area contributed by atoms with Gasteiger partial charge in [-0.15, -0.1) is 0 Å². The number of carbonyl (C=O) groups excluding carboxylic acids is 1. The topological polar surface area (TPSA) is 97.6 Å². The molecule has 0 bridgehead atoms. The first-order valence-corrected chi connectivity index (χ1v) is 4.90. The van der Waals surface area contributed by atoms with Gasteiger partial charge in [0.1, 0.15) is 11.1 Å². The highest BCUT2D eigenvalue weighted by Crippen LogP contribution is 2.21. The summed E-state index contributed by atoms with van der Waals surface area (Å²) in [5.74, 6) is -0.318. The summed E-state index contributed by atoms with van der Waals surface area (Å²) in [6.07, 6.45) is 4.14. The van der Waals surface area contributed by atoms with Crippen LogP contribution in [0, 0.1) is 11.3 Å². The van der Waals surface area contributed by atoms with Gasteiger partial charge < -0.3 is 5.73 Å². The number of nitrogens with zero attached hydrogens (tertiary/aromatic N) is 4. The average Bonchev–Trinajstić information content (AvgIpc) is 2.78. The highest BCUT2D eigenvalue weighted by Gasteiger charge is 2.11. The number of nitriles is 1. The SMILES string of the molecule is N#Cc1ccnc(-n2cc(C(N)=O)cn2)c1Cl. The summed E-state index contributed by atoms with van der Waals surface area (Å²) in [6, 6.07) is 3.42. The maximum atomic E-state index is 10.9. The summed E-state index contributed by atoms with van der Waals surface area (Å²) >= 11 is 5.97. The van der Waals surface area contributed by atoms with Crippen molar-refractivity contribution in [3.8, 4) is 11.9 Å². The van der Waals surface area contributed by atoms with E-state index in [0.29, 0.717) is 0 Å². The third-order valence-corrected chi connectivity index (χ3v) is 2.45. The second kappa shape index (κ2) is 4.23. The molecule has 17 heavy (non-hydrogen) atoms. The molecule has 2 rings (SSSR count). The van der Waals surface area contributed by atoms with Crippen LogP contribution < -0.4 is 5.73 Å². The number of hydrogen-bond acceptors (Lipinski definition) is 4. The molecule has 0 atom stereocenters. The van der Waals surface area contributed by atoms with Gasteiger partial charge in [0.25, 0.3) is 5.91 Å². The largest absolute Gasteiger partial charge is 0.366 e. The van der Waals surface area contributed by atoms with E-state index in [1.54, 1.807) is 0 Å². The van der Waals surface area contributed by atoms with Gasteiger partial charge in [-0.25, -0.2) is 9.67 Å². The van der Waals surface area contributed by atoms with Crippen molar-refractivity contribution in [2.45, 2.75) is 0 Å². The summed E-state index contributed by atoms with van der Waals surface area (Å²) in [5.41, 5.74) is 5.63. The van der Waals surface area contributed by atoms with Gasteiger partial charge in [-0.05, 0) is 6.07 Å². The van der Waals surface area contributed by atoms with Crippen LogP contribution in [0.2, 0.25) is 5.02 Å². The number of primary amides is 1. The van der Waals surface area contributed by atoms with E-state index in [4.69, 9.17) is 22.6 Å². The minimum Gasteiger partial charge on any atom is -0.366 e. The van der Waals surface area contributed by atoms with E-state index < -0.39 is 5.91 Å². The maximum Gasteiger partial charge on any atom is 0.251 e. The van der Waals surface area contributed by atoms with Crippen molar-refractivity contribution < 1.29 is 4.79 Å². The highest BCUT2D eigenvalue weighted by atomic mass is 35.5. The molecule has 0 saturated carbocycles. The lowest BCUT2D eigenvalue weighted by Gasteiger charge is -2.03. The van der Waals surface area contributed by atoms with Gasteiger partial charge in [0.05, 0.1) is 17.3 Å². The molecule has 0 saturated heterocycles. The zero-order valence-corrected chi connectivity index (χ0v) is 9.22. The van der Waals surface area contributed by atoms with Crippen molar-refractivity contribution in [3.05, 3.63) is 40.8 Å². The van der Waals surface area contributed by atoms with Gasteiger partial charge in [-0.1, -0.05) is 11.6 Å². The zero-order valence-electron chi connectivity index (χ0n) is 8.46. The molecule has 0 radical (unpaired) electrons. The summed E-state index contributed by atoms with van der Waals surface area (Å²) in [5, 5.41) is 12.9. The van der Waals surface area contributed by atoms with E-state index in [9.17, 15) is 4.79 Å². The van der Waals surface area contributed by atoms with E-state index in [1.165, 1.54) is 29.3 Å². The van der Waals surface area contributed by atoms with Crippen LogP contribution in [0.25, 0.3) is 5.82 Å². The molecule has 2 aromatic rings. The Balaban J connectivity index is 2.53. The Morgan fingerprint density at radius 1 is 1.59 bits per heavy atom. The standard InChI is InChI=1S/C10H6ClN5O/c11-8-6(3-12)1-2-14-10(8)16-5-7(4-15-16)9(13)17/h1-2,4-5H,(H2,13,17). The van der Waals surface area contributed by atoms with Crippen LogP contribution in [0.5, 0.6) is 0 Å². The van der Waals surface area contributed by atoms with E-state index >= 15 is 0 Å². The molecule has 2 aromatic heterocycles. The van der Waals surface area contributed by atoms with Crippen molar-refractivity contribution in [3.63, 3.8) is 0 Å². The Bertz CT molecular complexity index is 628. The molecular weight excluding hydrogens is 242 g/mol. The third kappa shape index (κ3) is 1.96. The van der Waals surface area contributed by atoms with Crippen molar-refractivity contribution in [1.29, 1.82) is 5.26 Å². The summed E-state index contributed by atoms with van der Waals surface area (Å²) < 4.78 is 1.29. The molecule has 84 valence electrons. The van der Waals surface area contributed by atoms with E-state index in [1.807, 2.05) is 6.07 Å². The number of hydrogen-bond donors (Lipinski definition) is 1. The van der Waals surface area contributed by atoms with Crippen LogP contribution in [0.1, 0.15) is 15.9 Å². The van der Waals surface area contributed by atoms with Gasteiger partial charge >= 0.3 is 0 Å². The number of nitrogens with two attached hydrogens (primary N) is 1. The van der Waals surface area contributed by atoms with Gasteiger partial charge in [0.15, 0.2) is 5.82 Å². The van der Waals surface area contributed by atoms with E-state index in [2.05, 4.69) is 10.1 Å². The van der Waals surface area contributed by atoms with Gasteiger partial charge in [0.2, 0.25) is 0 Å². The monoisotopic (exact) mass is 247 g/mol. The second-order valence-corrected chi connectivity index (χ2v) is 3.52. The average molecular weight is 248 g/mol. The maximum absolute atomic E-state index is 10.9. The van der Waals surface area contributed by atoms with Crippen molar-refractivity contribution in [2.75, 3.05) is 0 Å². The Labute approximate surface area is 101 Å². The van der Waals surface area contributed by atoms with E-state index in [0.717, 1.165) is 0 Å². The fourth-order valence-electron chi connectivity index (χ4n) is 1.24. The van der Waals surface area contributed by atoms with Gasteiger partial charge in [-0.2, -0.15) is 10.4 Å². The minimum atomic E-state index is -0.594. The molecule has 0 aromatic carbocycles. The number of carbonyl (C=O) groups is 1. The Kier molecular flexibility index (Phi) is 2.77. The lowest BCUT2D eigenvalue weighted by Crippen LogP contribution is -2.09. The number of halogens is 1. The molecule has 2 N–H and O–H groups in total. The quantitative estimate of drug-likeness (QED) is 0.852.